The van der Waals surface area contributed by atoms with Gasteiger partial charge < -0.3 is 9.64 Å². The molecule has 1 N–H and O–H groups in total. The van der Waals surface area contributed by atoms with Gasteiger partial charge in [-0.25, -0.2) is 9.97 Å². The minimum atomic E-state index is -0.303. The molecule has 196 valence electrons. The van der Waals surface area contributed by atoms with Crippen molar-refractivity contribution in [1.29, 1.82) is 0 Å². The number of hydrogen-bond acceptors (Lipinski definition) is 8. The third kappa shape index (κ3) is 5.75. The number of piperidine rings is 1. The monoisotopic (exact) mass is 530 g/mol. The summed E-state index contributed by atoms with van der Waals surface area (Å²) in [6.45, 7) is 5.25. The van der Waals surface area contributed by atoms with Crippen molar-refractivity contribution in [3.8, 4) is 5.75 Å². The highest BCUT2D eigenvalue weighted by atomic mass is 32.1. The molecule has 0 spiro atoms. The number of ether oxygens (including phenoxy) is 1. The Hall–Kier alpha value is -4.05. The van der Waals surface area contributed by atoms with Gasteiger partial charge >= 0.3 is 0 Å². The first-order valence-electron chi connectivity index (χ1n) is 12.7. The Morgan fingerprint density at radius 3 is 2.47 bits per heavy atom. The van der Waals surface area contributed by atoms with Gasteiger partial charge in [0.2, 0.25) is 0 Å². The van der Waals surface area contributed by atoms with Crippen LogP contribution < -0.4 is 15.2 Å². The maximum Gasteiger partial charge on any atom is 0.289 e. The Labute approximate surface area is 225 Å². The fourth-order valence-corrected chi connectivity index (χ4v) is 5.39. The lowest BCUT2D eigenvalue weighted by molar-refractivity contribution is 0.0713. The lowest BCUT2D eigenvalue weighted by atomic mass is 9.97. The zero-order valence-corrected chi connectivity index (χ0v) is 22.4. The molecule has 0 radical (unpaired) electrons. The van der Waals surface area contributed by atoms with E-state index in [0.717, 1.165) is 34.6 Å². The van der Waals surface area contributed by atoms with Crippen LogP contribution >= 0.6 is 11.3 Å². The van der Waals surface area contributed by atoms with Crippen molar-refractivity contribution in [2.45, 2.75) is 38.7 Å². The van der Waals surface area contributed by atoms with E-state index >= 15 is 0 Å². The molecule has 0 saturated carbocycles. The predicted octanol–water partition coefficient (Wildman–Crippen LogP) is 4.67. The molecule has 2 amide bonds. The first-order valence-corrected chi connectivity index (χ1v) is 13.5. The second-order valence-electron chi connectivity index (χ2n) is 9.55. The van der Waals surface area contributed by atoms with Gasteiger partial charge in [0.25, 0.3) is 11.8 Å². The molecule has 5 rings (SSSR count). The molecular weight excluding hydrogens is 500 g/mol. The number of thiazole rings is 1. The normalized spacial score (nSPS) is 14.1. The second-order valence-corrected chi connectivity index (χ2v) is 10.4. The lowest BCUT2D eigenvalue weighted by Crippen LogP contribution is -2.40. The Balaban J connectivity index is 1.15. The minimum Gasteiger partial charge on any atom is -0.491 e. The van der Waals surface area contributed by atoms with Crippen LogP contribution in [0.5, 0.6) is 5.75 Å². The van der Waals surface area contributed by atoms with Gasteiger partial charge in [-0.3, -0.25) is 25.0 Å². The lowest BCUT2D eigenvalue weighted by Gasteiger charge is -2.31. The Morgan fingerprint density at radius 1 is 1.05 bits per heavy atom. The van der Waals surface area contributed by atoms with E-state index in [1.807, 2.05) is 67.3 Å². The fourth-order valence-electron chi connectivity index (χ4n) is 4.42. The van der Waals surface area contributed by atoms with Crippen LogP contribution in [0.4, 0.5) is 5.82 Å². The molecule has 10 heteroatoms. The summed E-state index contributed by atoms with van der Waals surface area (Å²) in [5.74, 6) is 1.24. The summed E-state index contributed by atoms with van der Waals surface area (Å²) in [5, 5.41) is 4.25. The summed E-state index contributed by atoms with van der Waals surface area (Å²) in [5.41, 5.74) is 5.40. The molecule has 3 heterocycles. The SMILES string of the molecule is CC(C)Oc1ccc(C(=O)N2CCC(c3nc(C(=O)NN(C)c4cnc5ccccc5n4)cs3)CC2)cc1. The van der Waals surface area contributed by atoms with Crippen molar-refractivity contribution >= 4 is 40.0 Å². The highest BCUT2D eigenvalue weighted by Crippen LogP contribution is 2.31. The number of amides is 2. The van der Waals surface area contributed by atoms with Crippen molar-refractivity contribution in [2.24, 2.45) is 0 Å². The zero-order valence-electron chi connectivity index (χ0n) is 21.6. The van der Waals surface area contributed by atoms with Gasteiger partial charge in [-0.15, -0.1) is 11.3 Å². The summed E-state index contributed by atoms with van der Waals surface area (Å²) >= 11 is 1.49. The molecule has 4 aromatic rings. The first kappa shape index (κ1) is 25.6. The van der Waals surface area contributed by atoms with E-state index in [0.29, 0.717) is 30.2 Å². The van der Waals surface area contributed by atoms with Crippen molar-refractivity contribution < 1.29 is 14.3 Å². The maximum atomic E-state index is 13.0. The number of para-hydroxylation sites is 2. The van der Waals surface area contributed by atoms with Gasteiger partial charge in [0.15, 0.2) is 5.82 Å². The first-order chi connectivity index (χ1) is 18.4. The molecule has 2 aromatic heterocycles. The van der Waals surface area contributed by atoms with E-state index in [9.17, 15) is 9.59 Å². The minimum absolute atomic E-state index is 0.0265. The molecule has 1 saturated heterocycles. The summed E-state index contributed by atoms with van der Waals surface area (Å²) in [6.07, 6.45) is 3.33. The molecule has 1 aliphatic heterocycles. The van der Waals surface area contributed by atoms with Gasteiger partial charge in [0.1, 0.15) is 11.4 Å². The molecule has 1 fully saturated rings. The zero-order chi connectivity index (χ0) is 26.6. The van der Waals surface area contributed by atoms with Crippen LogP contribution in [0.15, 0.2) is 60.1 Å². The van der Waals surface area contributed by atoms with E-state index in [4.69, 9.17) is 4.74 Å². The molecular formula is C28H30N6O3S. The van der Waals surface area contributed by atoms with E-state index < -0.39 is 0 Å². The molecule has 1 aliphatic rings. The van der Waals surface area contributed by atoms with E-state index in [1.165, 1.54) is 11.3 Å². The highest BCUT2D eigenvalue weighted by molar-refractivity contribution is 7.09. The summed E-state index contributed by atoms with van der Waals surface area (Å²) < 4.78 is 5.67. The summed E-state index contributed by atoms with van der Waals surface area (Å²) in [7, 11) is 1.72. The number of nitrogens with one attached hydrogen (secondary N) is 1. The largest absolute Gasteiger partial charge is 0.491 e. The predicted molar refractivity (Wildman–Crippen MR) is 148 cm³/mol. The highest BCUT2D eigenvalue weighted by Gasteiger charge is 2.27. The van der Waals surface area contributed by atoms with E-state index in [-0.39, 0.29) is 23.8 Å². The fraction of sp³-hybridized carbons (Fsp3) is 0.321. The topological polar surface area (TPSA) is 101 Å². The van der Waals surface area contributed by atoms with Crippen molar-refractivity contribution in [1.82, 2.24) is 25.3 Å². The third-order valence-corrected chi connectivity index (χ3v) is 7.42. The summed E-state index contributed by atoms with van der Waals surface area (Å²) in [6, 6.07) is 14.9. The number of rotatable bonds is 7. The number of anilines is 1. The van der Waals surface area contributed by atoms with Crippen LogP contribution in [-0.2, 0) is 0 Å². The van der Waals surface area contributed by atoms with Gasteiger partial charge in [-0.1, -0.05) is 12.1 Å². The quantitative estimate of drug-likeness (QED) is 0.347. The number of nitrogens with zero attached hydrogens (tertiary/aromatic N) is 5. The number of carbonyl (C=O) groups is 2. The van der Waals surface area contributed by atoms with Crippen LogP contribution in [0.25, 0.3) is 11.0 Å². The van der Waals surface area contributed by atoms with Crippen molar-refractivity contribution in [3.05, 3.63) is 76.4 Å². The van der Waals surface area contributed by atoms with Gasteiger partial charge in [0.05, 0.1) is 28.3 Å². The number of benzene rings is 2. The number of hydrogen-bond donors (Lipinski definition) is 1. The van der Waals surface area contributed by atoms with Crippen LogP contribution in [0.3, 0.4) is 0 Å². The Bertz CT molecular complexity index is 1430. The number of fused-ring (bicyclic) bond motifs is 1. The molecule has 0 bridgehead atoms. The maximum absolute atomic E-state index is 13.0. The molecule has 2 aromatic carbocycles. The Kier molecular flexibility index (Phi) is 7.50. The smallest absolute Gasteiger partial charge is 0.289 e. The molecule has 9 nitrogen and oxygen atoms in total. The number of likely N-dealkylation sites (tertiary alicyclic amines) is 1. The number of aromatic nitrogens is 3. The molecule has 0 unspecified atom stereocenters. The van der Waals surface area contributed by atoms with Crippen LogP contribution in [-0.4, -0.2) is 57.9 Å². The molecule has 38 heavy (non-hydrogen) atoms. The van der Waals surface area contributed by atoms with Crippen LogP contribution in [0, 0.1) is 0 Å². The second kappa shape index (κ2) is 11.1. The van der Waals surface area contributed by atoms with Crippen molar-refractivity contribution in [2.75, 3.05) is 25.1 Å². The molecule has 0 aliphatic carbocycles. The van der Waals surface area contributed by atoms with E-state index in [1.54, 1.807) is 23.6 Å². The van der Waals surface area contributed by atoms with Crippen LogP contribution in [0.2, 0.25) is 0 Å². The van der Waals surface area contributed by atoms with Gasteiger partial charge in [-0.05, 0) is 63.1 Å². The molecule has 0 atom stereocenters. The average molecular weight is 531 g/mol. The van der Waals surface area contributed by atoms with E-state index in [2.05, 4.69) is 20.4 Å². The summed E-state index contributed by atoms with van der Waals surface area (Å²) in [4.78, 5) is 41.3. The number of hydrazine groups is 1. The average Bonchev–Trinajstić information content (AvgIpc) is 3.43. The van der Waals surface area contributed by atoms with Gasteiger partial charge in [-0.2, -0.15) is 0 Å². The van der Waals surface area contributed by atoms with Crippen LogP contribution in [0.1, 0.15) is 58.5 Å². The van der Waals surface area contributed by atoms with Gasteiger partial charge in [0, 0.05) is 37.0 Å². The third-order valence-electron chi connectivity index (χ3n) is 6.41. The standard InChI is InChI=1S/C28H30N6O3S/c1-18(2)37-21-10-8-20(9-11-21)28(36)34-14-12-19(13-15-34)27-31-24(17-38-27)26(35)32-33(3)25-16-29-22-6-4-5-7-23(22)30-25/h4-11,16-19H,12-15H2,1-3H3,(H,32,35). The van der Waals surface area contributed by atoms with Crippen molar-refractivity contribution in [3.63, 3.8) is 0 Å². The number of carbonyl (C=O) groups excluding carboxylic acids is 2. The Morgan fingerprint density at radius 2 is 1.76 bits per heavy atom.